The predicted molar refractivity (Wildman–Crippen MR) is 61.2 cm³/mol. The fourth-order valence-electron chi connectivity index (χ4n) is 0.970. The molecule has 0 saturated heterocycles. The minimum atomic E-state index is 0.742. The number of pyridine rings is 1. The summed E-state index contributed by atoms with van der Waals surface area (Å²) in [5, 5.41) is 0. The average molecular weight is 214 g/mol. The van der Waals surface area contributed by atoms with Crippen LogP contribution in [0, 0.1) is 0 Å². The van der Waals surface area contributed by atoms with Crippen LogP contribution in [0.1, 0.15) is 5.69 Å². The third-order valence-corrected chi connectivity index (χ3v) is 3.38. The summed E-state index contributed by atoms with van der Waals surface area (Å²) in [7, 11) is 0. The zero-order chi connectivity index (χ0) is 9.52. The molecular weight excluding hydrogens is 200 g/mol. The molecule has 0 aliphatic heterocycles. The maximum Gasteiger partial charge on any atom is 0.0637 e. The first-order chi connectivity index (χ1) is 6.38. The summed E-state index contributed by atoms with van der Waals surface area (Å²) in [5.74, 6) is 1.97. The minimum absolute atomic E-state index is 0.742. The summed E-state index contributed by atoms with van der Waals surface area (Å²) in [4.78, 5) is 5.61. The van der Waals surface area contributed by atoms with Crippen molar-refractivity contribution in [2.45, 2.75) is 10.6 Å². The molecule has 0 unspecified atom stereocenters. The lowest BCUT2D eigenvalue weighted by atomic mass is 10.4. The van der Waals surface area contributed by atoms with Gasteiger partial charge in [-0.05, 0) is 18.4 Å². The van der Waals surface area contributed by atoms with Gasteiger partial charge in [-0.2, -0.15) is 11.8 Å². The van der Waals surface area contributed by atoms with Crippen LogP contribution in [0.15, 0.2) is 23.2 Å². The van der Waals surface area contributed by atoms with Gasteiger partial charge in [-0.1, -0.05) is 0 Å². The van der Waals surface area contributed by atoms with Gasteiger partial charge in [0.15, 0.2) is 0 Å². The first-order valence-electron chi connectivity index (χ1n) is 4.14. The lowest BCUT2D eigenvalue weighted by Crippen LogP contribution is -2.02. The molecule has 0 aromatic carbocycles. The van der Waals surface area contributed by atoms with Crippen LogP contribution in [-0.2, 0) is 5.75 Å². The van der Waals surface area contributed by atoms with Gasteiger partial charge in [0.1, 0.15) is 0 Å². The lowest BCUT2D eigenvalue weighted by Gasteiger charge is -2.04. The highest BCUT2D eigenvalue weighted by molar-refractivity contribution is 7.99. The second kappa shape index (κ2) is 6.29. The second-order valence-electron chi connectivity index (χ2n) is 2.49. The molecule has 4 heteroatoms. The SMILES string of the molecule is CSc1cccnc1CSCCN. The average Bonchev–Trinajstić information content (AvgIpc) is 2.19. The number of nitrogens with zero attached hydrogens (tertiary/aromatic N) is 1. The zero-order valence-electron chi connectivity index (χ0n) is 7.69. The van der Waals surface area contributed by atoms with Crippen LogP contribution >= 0.6 is 23.5 Å². The molecule has 0 fully saturated rings. The molecule has 0 aliphatic rings. The van der Waals surface area contributed by atoms with E-state index >= 15 is 0 Å². The van der Waals surface area contributed by atoms with Crippen molar-refractivity contribution in [1.29, 1.82) is 0 Å². The summed E-state index contributed by atoms with van der Waals surface area (Å²) in [6.45, 7) is 0.742. The minimum Gasteiger partial charge on any atom is -0.330 e. The first kappa shape index (κ1) is 10.9. The molecule has 0 radical (unpaired) electrons. The topological polar surface area (TPSA) is 38.9 Å². The molecule has 72 valence electrons. The van der Waals surface area contributed by atoms with E-state index in [4.69, 9.17) is 5.73 Å². The molecule has 0 atom stereocenters. The zero-order valence-corrected chi connectivity index (χ0v) is 9.33. The van der Waals surface area contributed by atoms with E-state index in [0.717, 1.165) is 18.1 Å². The van der Waals surface area contributed by atoms with Gasteiger partial charge >= 0.3 is 0 Å². The van der Waals surface area contributed by atoms with Crippen molar-refractivity contribution in [2.75, 3.05) is 18.6 Å². The lowest BCUT2D eigenvalue weighted by molar-refractivity contribution is 1.09. The summed E-state index contributed by atoms with van der Waals surface area (Å²) < 4.78 is 0. The summed E-state index contributed by atoms with van der Waals surface area (Å²) in [6, 6.07) is 4.08. The van der Waals surface area contributed by atoms with E-state index in [0.29, 0.717) is 0 Å². The molecule has 1 heterocycles. The predicted octanol–water partition coefficient (Wildman–Crippen LogP) is 2.00. The maximum absolute atomic E-state index is 5.42. The number of thioether (sulfide) groups is 2. The molecular formula is C9H14N2S2. The van der Waals surface area contributed by atoms with Crippen LogP contribution < -0.4 is 5.73 Å². The fourth-order valence-corrected chi connectivity index (χ4v) is 2.37. The Kier molecular flexibility index (Phi) is 5.27. The summed E-state index contributed by atoms with van der Waals surface area (Å²) >= 11 is 3.58. The van der Waals surface area contributed by atoms with Crippen LogP contribution in [0.4, 0.5) is 0 Å². The molecule has 1 rings (SSSR count). The number of rotatable bonds is 5. The van der Waals surface area contributed by atoms with Crippen molar-refractivity contribution >= 4 is 23.5 Å². The van der Waals surface area contributed by atoms with Crippen molar-refractivity contribution in [3.05, 3.63) is 24.0 Å². The summed E-state index contributed by atoms with van der Waals surface area (Å²) in [5.41, 5.74) is 6.59. The van der Waals surface area contributed by atoms with Crippen molar-refractivity contribution in [1.82, 2.24) is 4.98 Å². The fraction of sp³-hybridized carbons (Fsp3) is 0.444. The quantitative estimate of drug-likeness (QED) is 0.601. The van der Waals surface area contributed by atoms with E-state index in [1.807, 2.05) is 24.0 Å². The number of hydrogen-bond donors (Lipinski definition) is 1. The molecule has 1 aromatic heterocycles. The van der Waals surface area contributed by atoms with Crippen molar-refractivity contribution in [3.63, 3.8) is 0 Å². The Hall–Kier alpha value is -0.190. The van der Waals surface area contributed by atoms with Crippen LogP contribution in [0.25, 0.3) is 0 Å². The molecule has 0 aliphatic carbocycles. The number of nitrogens with two attached hydrogens (primary N) is 1. The summed E-state index contributed by atoms with van der Waals surface area (Å²) in [6.07, 6.45) is 3.92. The van der Waals surface area contributed by atoms with E-state index in [1.54, 1.807) is 11.8 Å². The van der Waals surface area contributed by atoms with Gasteiger partial charge in [0, 0.05) is 29.1 Å². The Morgan fingerprint density at radius 3 is 3.08 bits per heavy atom. The molecule has 0 amide bonds. The van der Waals surface area contributed by atoms with Crippen LogP contribution in [0.2, 0.25) is 0 Å². The van der Waals surface area contributed by atoms with Gasteiger partial charge in [-0.15, -0.1) is 11.8 Å². The van der Waals surface area contributed by atoms with Crippen LogP contribution in [0.3, 0.4) is 0 Å². The van der Waals surface area contributed by atoms with Crippen LogP contribution in [0.5, 0.6) is 0 Å². The first-order valence-corrected chi connectivity index (χ1v) is 6.52. The molecule has 2 N–H and O–H groups in total. The molecule has 2 nitrogen and oxygen atoms in total. The van der Waals surface area contributed by atoms with Crippen molar-refractivity contribution < 1.29 is 0 Å². The maximum atomic E-state index is 5.42. The van der Waals surface area contributed by atoms with E-state index in [2.05, 4.69) is 17.3 Å². The molecule has 0 saturated carbocycles. The Labute approximate surface area is 87.7 Å². The molecule has 1 aromatic rings. The van der Waals surface area contributed by atoms with E-state index < -0.39 is 0 Å². The molecule has 13 heavy (non-hydrogen) atoms. The largest absolute Gasteiger partial charge is 0.330 e. The van der Waals surface area contributed by atoms with E-state index in [9.17, 15) is 0 Å². The highest BCUT2D eigenvalue weighted by atomic mass is 32.2. The second-order valence-corrected chi connectivity index (χ2v) is 4.45. The van der Waals surface area contributed by atoms with Gasteiger partial charge in [0.25, 0.3) is 0 Å². The third kappa shape index (κ3) is 3.58. The Morgan fingerprint density at radius 1 is 1.54 bits per heavy atom. The normalized spacial score (nSPS) is 10.3. The standard InChI is InChI=1S/C9H14N2S2/c1-12-9-3-2-5-11-8(9)7-13-6-4-10/h2-3,5H,4,6-7,10H2,1H3. The van der Waals surface area contributed by atoms with Crippen molar-refractivity contribution in [3.8, 4) is 0 Å². The van der Waals surface area contributed by atoms with E-state index in [1.165, 1.54) is 10.6 Å². The van der Waals surface area contributed by atoms with Crippen LogP contribution in [-0.4, -0.2) is 23.5 Å². The Bertz CT molecular complexity index is 253. The monoisotopic (exact) mass is 214 g/mol. The van der Waals surface area contributed by atoms with Gasteiger partial charge < -0.3 is 5.73 Å². The highest BCUT2D eigenvalue weighted by Gasteiger charge is 2.00. The Balaban J connectivity index is 2.54. The Morgan fingerprint density at radius 2 is 2.38 bits per heavy atom. The van der Waals surface area contributed by atoms with Gasteiger partial charge in [-0.25, -0.2) is 0 Å². The third-order valence-electron chi connectivity index (χ3n) is 1.57. The molecule has 0 bridgehead atoms. The number of aromatic nitrogens is 1. The van der Waals surface area contributed by atoms with Gasteiger partial charge in [0.2, 0.25) is 0 Å². The molecule has 0 spiro atoms. The van der Waals surface area contributed by atoms with Crippen molar-refractivity contribution in [2.24, 2.45) is 5.73 Å². The van der Waals surface area contributed by atoms with E-state index in [-0.39, 0.29) is 0 Å². The smallest absolute Gasteiger partial charge is 0.0637 e. The highest BCUT2D eigenvalue weighted by Crippen LogP contribution is 2.21. The van der Waals surface area contributed by atoms with Gasteiger partial charge in [0.05, 0.1) is 5.69 Å². The van der Waals surface area contributed by atoms with Gasteiger partial charge in [-0.3, -0.25) is 4.98 Å². The number of hydrogen-bond acceptors (Lipinski definition) is 4.